The third-order valence-corrected chi connectivity index (χ3v) is 7.11. The third-order valence-electron chi connectivity index (χ3n) is 5.81. The van der Waals surface area contributed by atoms with Gasteiger partial charge in [-0.05, 0) is 49.8 Å². The average Bonchev–Trinajstić information content (AvgIpc) is 2.77. The van der Waals surface area contributed by atoms with Gasteiger partial charge in [0.25, 0.3) is 0 Å². The Labute approximate surface area is 206 Å². The van der Waals surface area contributed by atoms with Gasteiger partial charge >= 0.3 is 6.09 Å². The van der Waals surface area contributed by atoms with Gasteiger partial charge in [-0.15, -0.1) is 0 Å². The van der Waals surface area contributed by atoms with Crippen LogP contribution in [-0.2, 0) is 4.74 Å². The highest BCUT2D eigenvalue weighted by Gasteiger charge is 2.29. The molecule has 2 aliphatic rings. The zero-order valence-corrected chi connectivity index (χ0v) is 21.7. The largest absolute Gasteiger partial charge is 0.444 e. The molecule has 0 radical (unpaired) electrons. The first-order chi connectivity index (χ1) is 15.5. The van der Waals surface area contributed by atoms with Crippen LogP contribution in [0.15, 0.2) is 10.5 Å². The molecule has 0 atom stereocenters. The number of amides is 1. The van der Waals surface area contributed by atoms with Crippen molar-refractivity contribution >= 4 is 56.3 Å². The quantitative estimate of drug-likeness (QED) is 0.531. The van der Waals surface area contributed by atoms with Gasteiger partial charge in [-0.3, -0.25) is 0 Å². The molecule has 8 nitrogen and oxygen atoms in total. The van der Waals surface area contributed by atoms with Crippen molar-refractivity contribution in [2.24, 2.45) is 0 Å². The van der Waals surface area contributed by atoms with Crippen molar-refractivity contribution in [2.75, 3.05) is 69.2 Å². The highest BCUT2D eigenvalue weighted by molar-refractivity contribution is 9.10. The third kappa shape index (κ3) is 5.27. The lowest BCUT2D eigenvalue weighted by molar-refractivity contribution is 0.0240. The van der Waals surface area contributed by atoms with Gasteiger partial charge in [-0.2, -0.15) is 4.98 Å². The molecule has 4 rings (SSSR count). The Balaban J connectivity index is 1.66. The molecule has 2 aromatic rings. The number of rotatable bonds is 2. The first-order valence-electron chi connectivity index (χ1n) is 11.0. The lowest BCUT2D eigenvalue weighted by atomic mass is 10.2. The SMILES string of the molecule is CN1CCN(c2nc(N3CCN(C(=O)OC(C)(C)C)CC3)c3cc(Cl)c(Br)c(F)c3n2)CC1. The Morgan fingerprint density at radius 2 is 1.67 bits per heavy atom. The highest BCUT2D eigenvalue weighted by atomic mass is 79.9. The molecule has 0 bridgehead atoms. The van der Waals surface area contributed by atoms with Gasteiger partial charge in [-0.1, -0.05) is 11.6 Å². The molecular formula is C22H29BrClFN6O2. The molecule has 0 unspecified atom stereocenters. The molecule has 3 heterocycles. The molecule has 0 N–H and O–H groups in total. The normalized spacial score (nSPS) is 18.2. The second-order valence-electron chi connectivity index (χ2n) is 9.47. The van der Waals surface area contributed by atoms with Crippen molar-refractivity contribution in [1.82, 2.24) is 19.8 Å². The fourth-order valence-corrected chi connectivity index (χ4v) is 4.46. The first kappa shape index (κ1) is 24.2. The number of nitrogens with zero attached hydrogens (tertiary/aromatic N) is 6. The van der Waals surface area contributed by atoms with Crippen molar-refractivity contribution in [2.45, 2.75) is 26.4 Å². The van der Waals surface area contributed by atoms with Crippen LogP contribution < -0.4 is 9.80 Å². The number of hydrogen-bond donors (Lipinski definition) is 0. The van der Waals surface area contributed by atoms with Crippen LogP contribution in [0.5, 0.6) is 0 Å². The molecular weight excluding hydrogens is 515 g/mol. The zero-order chi connectivity index (χ0) is 23.9. The summed E-state index contributed by atoms with van der Waals surface area (Å²) >= 11 is 9.53. The van der Waals surface area contributed by atoms with E-state index < -0.39 is 11.4 Å². The van der Waals surface area contributed by atoms with Crippen LogP contribution in [0.2, 0.25) is 5.02 Å². The summed E-state index contributed by atoms with van der Waals surface area (Å²) in [5.41, 5.74) is -0.310. The standard InChI is InChI=1S/C22H29BrClFN6O2/c1-22(2,3)33-21(32)31-11-9-29(10-12-31)19-14-13-15(24)16(23)17(25)18(14)26-20(27-19)30-7-5-28(4)6-8-30/h13H,5-12H2,1-4H3. The molecule has 11 heteroatoms. The van der Waals surface area contributed by atoms with Gasteiger partial charge in [0.1, 0.15) is 16.9 Å². The van der Waals surface area contributed by atoms with E-state index in [1.54, 1.807) is 11.0 Å². The number of likely N-dealkylation sites (N-methyl/N-ethyl adjacent to an activating group) is 1. The van der Waals surface area contributed by atoms with Gasteiger partial charge in [0.05, 0.1) is 9.50 Å². The summed E-state index contributed by atoms with van der Waals surface area (Å²) in [6, 6.07) is 1.70. The second-order valence-corrected chi connectivity index (χ2v) is 10.7. The zero-order valence-electron chi connectivity index (χ0n) is 19.4. The molecule has 0 saturated carbocycles. The average molecular weight is 544 g/mol. The molecule has 0 spiro atoms. The number of ether oxygens (including phenoxy) is 1. The monoisotopic (exact) mass is 542 g/mol. The fraction of sp³-hybridized carbons (Fsp3) is 0.591. The summed E-state index contributed by atoms with van der Waals surface area (Å²) in [7, 11) is 2.08. The van der Waals surface area contributed by atoms with Crippen LogP contribution in [0.25, 0.3) is 10.9 Å². The van der Waals surface area contributed by atoms with E-state index in [2.05, 4.69) is 42.7 Å². The summed E-state index contributed by atoms with van der Waals surface area (Å²) in [5, 5.41) is 0.828. The minimum Gasteiger partial charge on any atom is -0.444 e. The van der Waals surface area contributed by atoms with Gasteiger partial charge in [-0.25, -0.2) is 14.2 Å². The van der Waals surface area contributed by atoms with E-state index in [0.29, 0.717) is 43.3 Å². The number of benzene rings is 1. The van der Waals surface area contributed by atoms with Crippen molar-refractivity contribution < 1.29 is 13.9 Å². The lowest BCUT2D eigenvalue weighted by Gasteiger charge is -2.37. The molecule has 0 aliphatic carbocycles. The summed E-state index contributed by atoms with van der Waals surface area (Å²) in [4.78, 5) is 30.0. The van der Waals surface area contributed by atoms with Gasteiger partial charge in [0.15, 0.2) is 5.82 Å². The van der Waals surface area contributed by atoms with Crippen molar-refractivity contribution in [3.63, 3.8) is 0 Å². The minimum absolute atomic E-state index is 0.195. The molecule has 2 fully saturated rings. The smallest absolute Gasteiger partial charge is 0.410 e. The number of piperazine rings is 2. The predicted octanol–water partition coefficient (Wildman–Crippen LogP) is 3.99. The minimum atomic E-state index is -0.545. The van der Waals surface area contributed by atoms with E-state index in [4.69, 9.17) is 21.3 Å². The van der Waals surface area contributed by atoms with Crippen LogP contribution in [-0.4, -0.2) is 90.9 Å². The Morgan fingerprint density at radius 1 is 1.06 bits per heavy atom. The number of anilines is 2. The number of carbonyl (C=O) groups excluding carboxylic acids is 1. The van der Waals surface area contributed by atoms with Gasteiger partial charge in [0.2, 0.25) is 5.95 Å². The number of hydrogen-bond acceptors (Lipinski definition) is 7. The lowest BCUT2D eigenvalue weighted by Crippen LogP contribution is -2.50. The Bertz CT molecular complexity index is 1050. The van der Waals surface area contributed by atoms with E-state index in [-0.39, 0.29) is 21.1 Å². The molecule has 2 aliphatic heterocycles. The Morgan fingerprint density at radius 3 is 2.27 bits per heavy atom. The number of aromatic nitrogens is 2. The van der Waals surface area contributed by atoms with Crippen LogP contribution in [0.4, 0.5) is 21.0 Å². The van der Waals surface area contributed by atoms with Crippen molar-refractivity contribution in [1.29, 1.82) is 0 Å². The molecule has 2 saturated heterocycles. The van der Waals surface area contributed by atoms with E-state index in [0.717, 1.165) is 26.2 Å². The topological polar surface area (TPSA) is 65.0 Å². The Kier molecular flexibility index (Phi) is 6.89. The van der Waals surface area contributed by atoms with Crippen LogP contribution in [0, 0.1) is 5.82 Å². The van der Waals surface area contributed by atoms with Crippen molar-refractivity contribution in [3.05, 3.63) is 21.4 Å². The molecule has 1 aromatic carbocycles. The Hall–Kier alpha value is -1.91. The maximum absolute atomic E-state index is 15.2. The van der Waals surface area contributed by atoms with Crippen LogP contribution >= 0.6 is 27.5 Å². The maximum atomic E-state index is 15.2. The summed E-state index contributed by atoms with van der Waals surface area (Å²) in [6.45, 7) is 10.9. The summed E-state index contributed by atoms with van der Waals surface area (Å²) < 4.78 is 20.9. The van der Waals surface area contributed by atoms with Crippen molar-refractivity contribution in [3.8, 4) is 0 Å². The fourth-order valence-electron chi connectivity index (χ4n) is 3.96. The van der Waals surface area contributed by atoms with E-state index in [1.807, 2.05) is 20.8 Å². The summed E-state index contributed by atoms with van der Waals surface area (Å²) in [6.07, 6.45) is -0.328. The number of fused-ring (bicyclic) bond motifs is 1. The maximum Gasteiger partial charge on any atom is 0.410 e. The van der Waals surface area contributed by atoms with Crippen LogP contribution in [0.3, 0.4) is 0 Å². The van der Waals surface area contributed by atoms with Gasteiger partial charge in [0, 0.05) is 57.7 Å². The van der Waals surface area contributed by atoms with Gasteiger partial charge < -0.3 is 24.3 Å². The van der Waals surface area contributed by atoms with E-state index in [9.17, 15) is 4.79 Å². The van der Waals surface area contributed by atoms with E-state index >= 15 is 4.39 Å². The molecule has 180 valence electrons. The highest BCUT2D eigenvalue weighted by Crippen LogP contribution is 2.36. The summed E-state index contributed by atoms with van der Waals surface area (Å²) in [5.74, 6) is 0.642. The number of carbonyl (C=O) groups is 1. The van der Waals surface area contributed by atoms with Crippen LogP contribution in [0.1, 0.15) is 20.8 Å². The predicted molar refractivity (Wildman–Crippen MR) is 132 cm³/mol. The number of halogens is 3. The second kappa shape index (κ2) is 9.38. The molecule has 33 heavy (non-hydrogen) atoms. The van der Waals surface area contributed by atoms with E-state index in [1.165, 1.54) is 0 Å². The molecule has 1 amide bonds. The molecule has 1 aromatic heterocycles. The first-order valence-corrected chi connectivity index (χ1v) is 12.2.